The minimum atomic E-state index is 0.595. The van der Waals surface area contributed by atoms with E-state index in [2.05, 4.69) is 10.5 Å². The Morgan fingerprint density at radius 3 is 2.67 bits per heavy atom. The number of benzene rings is 1. The Morgan fingerprint density at radius 1 is 1.17 bits per heavy atom. The van der Waals surface area contributed by atoms with Gasteiger partial charge >= 0.3 is 0 Å². The standard InChI is InChI=1S/C9H8N2O/c1-2-4-8(5-3-1)9-11-10-6-7-12-9/h1-7,10H. The normalized spacial score (nSPS) is 14.5. The van der Waals surface area contributed by atoms with Gasteiger partial charge in [-0.05, 0) is 12.1 Å². The van der Waals surface area contributed by atoms with Crippen LogP contribution in [0.15, 0.2) is 47.9 Å². The van der Waals surface area contributed by atoms with E-state index in [1.54, 1.807) is 12.5 Å². The van der Waals surface area contributed by atoms with Gasteiger partial charge in [-0.2, -0.15) is 0 Å². The maximum Gasteiger partial charge on any atom is 0.243 e. The third-order valence-electron chi connectivity index (χ3n) is 1.51. The summed E-state index contributed by atoms with van der Waals surface area (Å²) in [5, 5.41) is 3.96. The van der Waals surface area contributed by atoms with Gasteiger partial charge in [0.15, 0.2) is 0 Å². The highest BCUT2D eigenvalue weighted by Gasteiger charge is 2.03. The summed E-state index contributed by atoms with van der Waals surface area (Å²) in [4.78, 5) is 0. The molecule has 1 aliphatic rings. The fraction of sp³-hybridized carbons (Fsp3) is 0. The van der Waals surface area contributed by atoms with Crippen LogP contribution in [0.5, 0.6) is 0 Å². The number of nitrogens with zero attached hydrogens (tertiary/aromatic N) is 1. The molecular formula is C9H8N2O. The molecule has 1 heterocycles. The summed E-state index contributed by atoms with van der Waals surface area (Å²) >= 11 is 0. The predicted molar refractivity (Wildman–Crippen MR) is 46.3 cm³/mol. The fourth-order valence-electron chi connectivity index (χ4n) is 0.964. The van der Waals surface area contributed by atoms with Crippen LogP contribution in [0.25, 0.3) is 0 Å². The van der Waals surface area contributed by atoms with E-state index < -0.39 is 0 Å². The van der Waals surface area contributed by atoms with Crippen molar-refractivity contribution in [1.82, 2.24) is 5.43 Å². The van der Waals surface area contributed by atoms with E-state index in [0.29, 0.717) is 5.90 Å². The largest absolute Gasteiger partial charge is 0.443 e. The molecule has 1 aromatic rings. The number of hydrogen-bond donors (Lipinski definition) is 1. The van der Waals surface area contributed by atoms with E-state index in [1.165, 1.54) is 0 Å². The summed E-state index contributed by atoms with van der Waals surface area (Å²) in [6, 6.07) is 9.73. The molecule has 0 aliphatic carbocycles. The first kappa shape index (κ1) is 6.91. The molecule has 0 saturated carbocycles. The summed E-state index contributed by atoms with van der Waals surface area (Å²) in [5.74, 6) is 0.595. The minimum Gasteiger partial charge on any atom is -0.443 e. The molecule has 12 heavy (non-hydrogen) atoms. The molecule has 0 radical (unpaired) electrons. The highest BCUT2D eigenvalue weighted by molar-refractivity contribution is 5.94. The second-order valence-electron chi connectivity index (χ2n) is 2.33. The average molecular weight is 160 g/mol. The Labute approximate surface area is 70.4 Å². The summed E-state index contributed by atoms with van der Waals surface area (Å²) in [5.41, 5.74) is 3.68. The van der Waals surface area contributed by atoms with Gasteiger partial charge in [0.05, 0.1) is 6.20 Å². The molecule has 2 rings (SSSR count). The molecule has 0 bridgehead atoms. The highest BCUT2D eigenvalue weighted by Crippen LogP contribution is 2.03. The zero-order chi connectivity index (χ0) is 8.23. The number of ether oxygens (including phenoxy) is 1. The monoisotopic (exact) mass is 160 g/mol. The van der Waals surface area contributed by atoms with Crippen LogP contribution in [-0.4, -0.2) is 5.90 Å². The van der Waals surface area contributed by atoms with E-state index in [9.17, 15) is 0 Å². The molecule has 0 spiro atoms. The quantitative estimate of drug-likeness (QED) is 0.674. The molecule has 3 heteroatoms. The summed E-state index contributed by atoms with van der Waals surface area (Å²) in [6.45, 7) is 0. The van der Waals surface area contributed by atoms with Crippen LogP contribution in [0.2, 0.25) is 0 Å². The highest BCUT2D eigenvalue weighted by atomic mass is 16.5. The Morgan fingerprint density at radius 2 is 2.00 bits per heavy atom. The fourth-order valence-corrected chi connectivity index (χ4v) is 0.964. The van der Waals surface area contributed by atoms with Crippen LogP contribution in [0.1, 0.15) is 5.56 Å². The molecular weight excluding hydrogens is 152 g/mol. The predicted octanol–water partition coefficient (Wildman–Crippen LogP) is 1.44. The van der Waals surface area contributed by atoms with Crippen LogP contribution < -0.4 is 5.43 Å². The van der Waals surface area contributed by atoms with Crippen LogP contribution in [0, 0.1) is 0 Å². The summed E-state index contributed by atoms with van der Waals surface area (Å²) < 4.78 is 5.17. The smallest absolute Gasteiger partial charge is 0.243 e. The molecule has 1 aliphatic heterocycles. The topological polar surface area (TPSA) is 33.6 Å². The summed E-state index contributed by atoms with van der Waals surface area (Å²) in [7, 11) is 0. The summed E-state index contributed by atoms with van der Waals surface area (Å²) in [6.07, 6.45) is 3.20. The second-order valence-corrected chi connectivity index (χ2v) is 2.33. The average Bonchev–Trinajstić information content (AvgIpc) is 2.21. The first-order chi connectivity index (χ1) is 5.97. The van der Waals surface area contributed by atoms with Gasteiger partial charge in [-0.15, -0.1) is 5.10 Å². The first-order valence-corrected chi connectivity index (χ1v) is 3.67. The van der Waals surface area contributed by atoms with Crippen LogP contribution >= 0.6 is 0 Å². The van der Waals surface area contributed by atoms with Crippen molar-refractivity contribution in [3.63, 3.8) is 0 Å². The maximum atomic E-state index is 5.17. The van der Waals surface area contributed by atoms with Crippen molar-refractivity contribution in [3.8, 4) is 0 Å². The van der Waals surface area contributed by atoms with E-state index >= 15 is 0 Å². The molecule has 0 fully saturated rings. The minimum absolute atomic E-state index is 0.595. The van der Waals surface area contributed by atoms with Crippen molar-refractivity contribution < 1.29 is 4.74 Å². The van der Waals surface area contributed by atoms with Gasteiger partial charge in [-0.25, -0.2) is 0 Å². The van der Waals surface area contributed by atoms with E-state index in [0.717, 1.165) is 5.56 Å². The third-order valence-corrected chi connectivity index (χ3v) is 1.51. The van der Waals surface area contributed by atoms with Crippen LogP contribution in [0.4, 0.5) is 0 Å². The molecule has 1 N–H and O–H groups in total. The number of nitrogens with one attached hydrogen (secondary N) is 1. The first-order valence-electron chi connectivity index (χ1n) is 3.67. The Kier molecular flexibility index (Phi) is 1.78. The van der Waals surface area contributed by atoms with Crippen molar-refractivity contribution >= 4 is 5.90 Å². The van der Waals surface area contributed by atoms with Crippen LogP contribution in [0.3, 0.4) is 0 Å². The zero-order valence-corrected chi connectivity index (χ0v) is 6.40. The van der Waals surface area contributed by atoms with E-state index in [1.807, 2.05) is 30.3 Å². The van der Waals surface area contributed by atoms with Gasteiger partial charge in [0.25, 0.3) is 0 Å². The van der Waals surface area contributed by atoms with E-state index in [4.69, 9.17) is 4.74 Å². The third kappa shape index (κ3) is 1.29. The molecule has 0 saturated heterocycles. The molecule has 1 aromatic carbocycles. The van der Waals surface area contributed by atoms with Crippen molar-refractivity contribution in [3.05, 3.63) is 48.4 Å². The van der Waals surface area contributed by atoms with Gasteiger partial charge in [0, 0.05) is 5.56 Å². The van der Waals surface area contributed by atoms with Crippen molar-refractivity contribution in [2.75, 3.05) is 0 Å². The number of hydrazone groups is 1. The van der Waals surface area contributed by atoms with Gasteiger partial charge in [0.2, 0.25) is 5.90 Å². The lowest BCUT2D eigenvalue weighted by Gasteiger charge is -2.07. The molecule has 0 unspecified atom stereocenters. The molecule has 0 amide bonds. The van der Waals surface area contributed by atoms with Crippen molar-refractivity contribution in [2.45, 2.75) is 0 Å². The Bertz CT molecular complexity index is 317. The van der Waals surface area contributed by atoms with Gasteiger partial charge in [0.1, 0.15) is 6.26 Å². The lowest BCUT2D eigenvalue weighted by Crippen LogP contribution is -2.12. The van der Waals surface area contributed by atoms with Crippen molar-refractivity contribution in [2.24, 2.45) is 5.10 Å². The molecule has 60 valence electrons. The lowest BCUT2D eigenvalue weighted by atomic mass is 10.2. The molecule has 0 atom stereocenters. The number of rotatable bonds is 1. The van der Waals surface area contributed by atoms with Crippen LogP contribution in [-0.2, 0) is 4.74 Å². The molecule has 0 aromatic heterocycles. The molecule has 3 nitrogen and oxygen atoms in total. The van der Waals surface area contributed by atoms with Gasteiger partial charge in [-0.3, -0.25) is 5.43 Å². The van der Waals surface area contributed by atoms with Crippen molar-refractivity contribution in [1.29, 1.82) is 0 Å². The number of hydrogen-bond acceptors (Lipinski definition) is 3. The Balaban J connectivity index is 2.26. The van der Waals surface area contributed by atoms with Gasteiger partial charge in [-0.1, -0.05) is 18.2 Å². The van der Waals surface area contributed by atoms with Gasteiger partial charge < -0.3 is 4.74 Å². The Hall–Kier alpha value is -1.77. The lowest BCUT2D eigenvalue weighted by molar-refractivity contribution is 0.450. The SMILES string of the molecule is C1=COC(c2ccccc2)=NN1. The zero-order valence-electron chi connectivity index (χ0n) is 6.40. The maximum absolute atomic E-state index is 5.17. The second kappa shape index (κ2) is 3.09. The van der Waals surface area contributed by atoms with E-state index in [-0.39, 0.29) is 0 Å².